The zero-order chi connectivity index (χ0) is 26.9. The average Bonchev–Trinajstić information content (AvgIpc) is 2.85. The van der Waals surface area contributed by atoms with E-state index < -0.39 is 28.5 Å². The first-order valence-electron chi connectivity index (χ1n) is 11.9. The number of hydrogen-bond acceptors (Lipinski definition) is 6. The van der Waals surface area contributed by atoms with E-state index in [1.807, 2.05) is 45.0 Å². The Morgan fingerprint density at radius 3 is 2.31 bits per heavy atom. The van der Waals surface area contributed by atoms with Crippen LogP contribution in [-0.4, -0.2) is 64.7 Å². The first-order chi connectivity index (χ1) is 17.1. The summed E-state index contributed by atoms with van der Waals surface area (Å²) in [5, 5.41) is 2.87. The molecule has 0 unspecified atom stereocenters. The second-order valence-electron chi connectivity index (χ2n) is 8.47. The van der Waals surface area contributed by atoms with Crippen LogP contribution in [0.25, 0.3) is 0 Å². The van der Waals surface area contributed by atoms with Gasteiger partial charge in [0.1, 0.15) is 24.1 Å². The Kier molecular flexibility index (Phi) is 10.6. The molecule has 0 fully saturated rings. The summed E-state index contributed by atoms with van der Waals surface area (Å²) in [6, 6.07) is 11.5. The van der Waals surface area contributed by atoms with Gasteiger partial charge in [0.2, 0.25) is 21.8 Å². The van der Waals surface area contributed by atoms with E-state index in [9.17, 15) is 18.0 Å². The van der Waals surface area contributed by atoms with Crippen LogP contribution in [0.2, 0.25) is 0 Å². The van der Waals surface area contributed by atoms with Gasteiger partial charge >= 0.3 is 0 Å². The summed E-state index contributed by atoms with van der Waals surface area (Å²) in [4.78, 5) is 28.2. The minimum atomic E-state index is -3.88. The maximum absolute atomic E-state index is 13.8. The summed E-state index contributed by atoms with van der Waals surface area (Å²) in [6.07, 6.45) is 2.16. The minimum absolute atomic E-state index is 0.168. The van der Waals surface area contributed by atoms with E-state index in [2.05, 4.69) is 5.32 Å². The Morgan fingerprint density at radius 2 is 1.75 bits per heavy atom. The lowest BCUT2D eigenvalue weighted by Gasteiger charge is -2.33. The molecule has 2 aromatic carbocycles. The fourth-order valence-electron chi connectivity index (χ4n) is 3.84. The number of aryl methyl sites for hydroxylation is 1. The molecule has 2 aromatic rings. The van der Waals surface area contributed by atoms with Crippen molar-refractivity contribution in [3.63, 3.8) is 0 Å². The molecule has 198 valence electrons. The summed E-state index contributed by atoms with van der Waals surface area (Å²) < 4.78 is 37.3. The number of carbonyl (C=O) groups is 2. The fraction of sp³-hybridized carbons (Fsp3) is 0.462. The summed E-state index contributed by atoms with van der Waals surface area (Å²) in [5.41, 5.74) is 2.05. The van der Waals surface area contributed by atoms with Crippen LogP contribution in [0.3, 0.4) is 0 Å². The lowest BCUT2D eigenvalue weighted by atomic mass is 10.1. The molecule has 0 aromatic heterocycles. The van der Waals surface area contributed by atoms with Crippen molar-refractivity contribution in [3.8, 4) is 11.5 Å². The van der Waals surface area contributed by atoms with Crippen LogP contribution in [0, 0.1) is 6.92 Å². The third kappa shape index (κ3) is 7.36. The molecule has 2 rings (SSSR count). The van der Waals surface area contributed by atoms with E-state index in [1.165, 1.54) is 25.2 Å². The summed E-state index contributed by atoms with van der Waals surface area (Å²) in [6.45, 7) is 5.87. The van der Waals surface area contributed by atoms with Crippen LogP contribution in [-0.2, 0) is 26.2 Å². The number of hydrogen-bond donors (Lipinski definition) is 1. The Balaban J connectivity index is 2.51. The van der Waals surface area contributed by atoms with Gasteiger partial charge in [-0.15, -0.1) is 0 Å². The van der Waals surface area contributed by atoms with E-state index in [4.69, 9.17) is 9.47 Å². The van der Waals surface area contributed by atoms with Crippen LogP contribution in [0.1, 0.15) is 37.8 Å². The molecule has 0 saturated heterocycles. The minimum Gasteiger partial charge on any atom is -0.497 e. The predicted molar refractivity (Wildman–Crippen MR) is 141 cm³/mol. The van der Waals surface area contributed by atoms with Gasteiger partial charge in [-0.1, -0.05) is 38.1 Å². The maximum atomic E-state index is 13.8. The van der Waals surface area contributed by atoms with Gasteiger partial charge in [-0.05, 0) is 43.0 Å². The van der Waals surface area contributed by atoms with Crippen molar-refractivity contribution in [1.82, 2.24) is 10.2 Å². The molecule has 0 radical (unpaired) electrons. The standard InChI is InChI=1S/C26H37N3O6S/c1-7-15-27-26(31)22(8-2)28(17-20-12-10-9-11-19(20)3)25(30)18-29(36(6,32)33)23-14-13-21(34-4)16-24(23)35-5/h9-14,16,22H,7-8,15,17-18H2,1-6H3,(H,27,31)/t22-/m1/s1. The molecule has 1 atom stereocenters. The van der Waals surface area contributed by atoms with Crippen LogP contribution in [0.5, 0.6) is 11.5 Å². The largest absolute Gasteiger partial charge is 0.497 e. The quantitative estimate of drug-likeness (QED) is 0.436. The molecule has 0 aliphatic heterocycles. The monoisotopic (exact) mass is 519 g/mol. The average molecular weight is 520 g/mol. The number of anilines is 1. The van der Waals surface area contributed by atoms with Gasteiger partial charge < -0.3 is 19.7 Å². The van der Waals surface area contributed by atoms with Crippen LogP contribution in [0.15, 0.2) is 42.5 Å². The molecule has 0 spiro atoms. The molecule has 0 saturated carbocycles. The second kappa shape index (κ2) is 13.2. The summed E-state index contributed by atoms with van der Waals surface area (Å²) in [7, 11) is -0.979. The number of benzene rings is 2. The highest BCUT2D eigenvalue weighted by molar-refractivity contribution is 7.92. The van der Waals surface area contributed by atoms with E-state index in [0.29, 0.717) is 18.7 Å². The predicted octanol–water partition coefficient (Wildman–Crippen LogP) is 3.11. The van der Waals surface area contributed by atoms with Crippen LogP contribution >= 0.6 is 0 Å². The molecule has 2 amide bonds. The smallest absolute Gasteiger partial charge is 0.244 e. The highest BCUT2D eigenvalue weighted by Gasteiger charge is 2.32. The second-order valence-corrected chi connectivity index (χ2v) is 10.4. The molecular formula is C26H37N3O6S. The number of ether oxygens (including phenoxy) is 2. The van der Waals surface area contributed by atoms with Crippen molar-refractivity contribution in [3.05, 3.63) is 53.6 Å². The van der Waals surface area contributed by atoms with Crippen molar-refractivity contribution in [1.29, 1.82) is 0 Å². The van der Waals surface area contributed by atoms with Gasteiger partial charge in [-0.25, -0.2) is 8.42 Å². The fourth-order valence-corrected chi connectivity index (χ4v) is 4.70. The molecule has 9 nitrogen and oxygen atoms in total. The number of nitrogens with zero attached hydrogens (tertiary/aromatic N) is 2. The number of sulfonamides is 1. The summed E-state index contributed by atoms with van der Waals surface area (Å²) >= 11 is 0. The van der Waals surface area contributed by atoms with Gasteiger partial charge in [0.15, 0.2) is 0 Å². The zero-order valence-corrected chi connectivity index (χ0v) is 22.7. The molecular weight excluding hydrogens is 482 g/mol. The van der Waals surface area contributed by atoms with Gasteiger partial charge in [-0.3, -0.25) is 13.9 Å². The SMILES string of the molecule is CCCNC(=O)[C@@H](CC)N(Cc1ccccc1C)C(=O)CN(c1ccc(OC)cc1OC)S(C)(=O)=O. The van der Waals surface area contributed by atoms with Gasteiger partial charge in [0.25, 0.3) is 0 Å². The molecule has 10 heteroatoms. The lowest BCUT2D eigenvalue weighted by molar-refractivity contribution is -0.140. The number of methoxy groups -OCH3 is 2. The molecule has 0 aliphatic carbocycles. The Labute approximate surface area is 214 Å². The van der Waals surface area contributed by atoms with Crippen LogP contribution < -0.4 is 19.1 Å². The van der Waals surface area contributed by atoms with Gasteiger partial charge in [0, 0.05) is 19.2 Å². The van der Waals surface area contributed by atoms with E-state index in [-0.39, 0.29) is 23.9 Å². The van der Waals surface area contributed by atoms with Crippen LogP contribution in [0.4, 0.5) is 5.69 Å². The topological polar surface area (TPSA) is 105 Å². The highest BCUT2D eigenvalue weighted by Crippen LogP contribution is 2.33. The Bertz CT molecular complexity index is 1150. The van der Waals surface area contributed by atoms with E-state index >= 15 is 0 Å². The van der Waals surface area contributed by atoms with Crippen molar-refractivity contribution in [2.75, 3.05) is 37.9 Å². The first kappa shape index (κ1) is 29.0. The number of nitrogens with one attached hydrogen (secondary N) is 1. The van der Waals surface area contributed by atoms with Crippen molar-refractivity contribution in [2.24, 2.45) is 0 Å². The molecule has 0 heterocycles. The van der Waals surface area contributed by atoms with Gasteiger partial charge in [-0.2, -0.15) is 0 Å². The molecule has 0 bridgehead atoms. The first-order valence-corrected chi connectivity index (χ1v) is 13.7. The summed E-state index contributed by atoms with van der Waals surface area (Å²) in [5.74, 6) is -0.0461. The third-order valence-electron chi connectivity index (χ3n) is 5.87. The Morgan fingerprint density at radius 1 is 1.06 bits per heavy atom. The molecule has 1 N–H and O–H groups in total. The zero-order valence-electron chi connectivity index (χ0n) is 21.9. The number of rotatable bonds is 13. The molecule has 0 aliphatic rings. The normalized spacial score (nSPS) is 11.9. The van der Waals surface area contributed by atoms with E-state index in [1.54, 1.807) is 12.1 Å². The van der Waals surface area contributed by atoms with Crippen molar-refractivity contribution < 1.29 is 27.5 Å². The van der Waals surface area contributed by atoms with Gasteiger partial charge in [0.05, 0.1) is 26.2 Å². The number of amides is 2. The lowest BCUT2D eigenvalue weighted by Crippen LogP contribution is -2.52. The maximum Gasteiger partial charge on any atom is 0.244 e. The highest BCUT2D eigenvalue weighted by atomic mass is 32.2. The van der Waals surface area contributed by atoms with Crippen molar-refractivity contribution >= 4 is 27.5 Å². The number of carbonyl (C=O) groups excluding carboxylic acids is 2. The Hall–Kier alpha value is -3.27. The van der Waals surface area contributed by atoms with Crippen molar-refractivity contribution in [2.45, 2.75) is 46.2 Å². The third-order valence-corrected chi connectivity index (χ3v) is 7.00. The molecule has 36 heavy (non-hydrogen) atoms. The van der Waals surface area contributed by atoms with E-state index in [0.717, 1.165) is 28.1 Å².